The Morgan fingerprint density at radius 3 is 2.59 bits per heavy atom. The number of aryl methyl sites for hydroxylation is 1. The van der Waals surface area contributed by atoms with Gasteiger partial charge in [-0.2, -0.15) is 0 Å². The lowest BCUT2D eigenvalue weighted by Crippen LogP contribution is -2.06. The van der Waals surface area contributed by atoms with Gasteiger partial charge in [0.25, 0.3) is 5.69 Å². The third kappa shape index (κ3) is 3.75. The molecule has 32 heavy (non-hydrogen) atoms. The van der Waals surface area contributed by atoms with Crippen LogP contribution < -0.4 is 4.74 Å². The molecule has 0 radical (unpaired) electrons. The van der Waals surface area contributed by atoms with Crippen LogP contribution in [0.15, 0.2) is 53.7 Å². The fourth-order valence-corrected chi connectivity index (χ4v) is 4.55. The number of fused-ring (bicyclic) bond motifs is 1. The molecule has 164 valence electrons. The summed E-state index contributed by atoms with van der Waals surface area (Å²) in [5, 5.41) is 11.8. The van der Waals surface area contributed by atoms with Crippen LogP contribution in [0.5, 0.6) is 5.75 Å². The van der Waals surface area contributed by atoms with Crippen LogP contribution in [-0.2, 0) is 7.05 Å². The van der Waals surface area contributed by atoms with Gasteiger partial charge in [0.05, 0.1) is 34.5 Å². The first-order chi connectivity index (χ1) is 15.3. The van der Waals surface area contributed by atoms with E-state index >= 15 is 0 Å². The molecule has 0 saturated heterocycles. The number of methoxy groups -OCH3 is 1. The lowest BCUT2D eigenvalue weighted by Gasteiger charge is -2.12. The highest BCUT2D eigenvalue weighted by atomic mass is 32.2. The zero-order chi connectivity index (χ0) is 23.0. The minimum atomic E-state index is -0.446. The van der Waals surface area contributed by atoms with Gasteiger partial charge in [-0.25, -0.2) is 4.98 Å². The topological polar surface area (TPSA) is 92.2 Å². The van der Waals surface area contributed by atoms with Gasteiger partial charge in [0.2, 0.25) is 0 Å². The molecule has 0 N–H and O–H groups in total. The standard InChI is InChI=1S/C23H22N4O4S/c1-14-11-17(15(2)25(14)3)21(28)13-32-23-24-18-12-16(27(29)30)9-10-19(18)26(23)20-7-5-6-8-22(20)31-4/h5-12H,13H2,1-4H3. The summed E-state index contributed by atoms with van der Waals surface area (Å²) in [6.45, 7) is 3.89. The van der Waals surface area contributed by atoms with Crippen LogP contribution in [0.4, 0.5) is 5.69 Å². The maximum absolute atomic E-state index is 12.9. The van der Waals surface area contributed by atoms with E-state index in [-0.39, 0.29) is 17.2 Å². The first-order valence-electron chi connectivity index (χ1n) is 9.91. The Morgan fingerprint density at radius 2 is 1.94 bits per heavy atom. The summed E-state index contributed by atoms with van der Waals surface area (Å²) >= 11 is 1.30. The first-order valence-corrected chi connectivity index (χ1v) is 10.9. The molecule has 2 aromatic heterocycles. The quantitative estimate of drug-likeness (QED) is 0.173. The molecule has 4 rings (SSSR count). The second-order valence-corrected chi connectivity index (χ2v) is 8.33. The number of benzene rings is 2. The van der Waals surface area contributed by atoms with E-state index in [0.29, 0.717) is 27.5 Å². The Bertz CT molecular complexity index is 1360. The third-order valence-corrected chi connectivity index (χ3v) is 6.49. The largest absolute Gasteiger partial charge is 0.495 e. The van der Waals surface area contributed by atoms with Gasteiger partial charge in [0.1, 0.15) is 5.75 Å². The van der Waals surface area contributed by atoms with Gasteiger partial charge in [-0.3, -0.25) is 19.5 Å². The maximum Gasteiger partial charge on any atom is 0.271 e. The Morgan fingerprint density at radius 1 is 1.19 bits per heavy atom. The van der Waals surface area contributed by atoms with Crippen molar-refractivity contribution in [2.45, 2.75) is 19.0 Å². The summed E-state index contributed by atoms with van der Waals surface area (Å²) in [5.41, 5.74) is 4.51. The van der Waals surface area contributed by atoms with Crippen molar-refractivity contribution in [3.05, 3.63) is 75.6 Å². The number of imidazole rings is 1. The van der Waals surface area contributed by atoms with E-state index in [1.54, 1.807) is 13.2 Å². The fourth-order valence-electron chi connectivity index (χ4n) is 3.65. The highest BCUT2D eigenvalue weighted by Crippen LogP contribution is 2.34. The fraction of sp³-hybridized carbons (Fsp3) is 0.217. The predicted molar refractivity (Wildman–Crippen MR) is 124 cm³/mol. The monoisotopic (exact) mass is 450 g/mol. The van der Waals surface area contributed by atoms with Crippen molar-refractivity contribution in [2.24, 2.45) is 7.05 Å². The molecular weight excluding hydrogens is 428 g/mol. The number of Topliss-reactive ketones (excluding diaryl/α,β-unsaturated/α-hetero) is 1. The molecular formula is C23H22N4O4S. The number of ketones is 1. The van der Waals surface area contributed by atoms with Crippen molar-refractivity contribution in [3.8, 4) is 11.4 Å². The van der Waals surface area contributed by atoms with Crippen LogP contribution >= 0.6 is 11.8 Å². The van der Waals surface area contributed by atoms with Crippen molar-refractivity contribution in [1.29, 1.82) is 0 Å². The van der Waals surface area contributed by atoms with Crippen molar-refractivity contribution in [2.75, 3.05) is 12.9 Å². The Labute approximate surface area is 189 Å². The number of nitro benzene ring substituents is 1. The van der Waals surface area contributed by atoms with Gasteiger partial charge in [0.15, 0.2) is 10.9 Å². The zero-order valence-electron chi connectivity index (χ0n) is 18.2. The SMILES string of the molecule is COc1ccccc1-n1c(SCC(=O)c2cc(C)n(C)c2C)nc2cc([N+](=O)[O-])ccc21. The molecule has 0 unspecified atom stereocenters. The van der Waals surface area contributed by atoms with E-state index in [0.717, 1.165) is 17.1 Å². The zero-order valence-corrected chi connectivity index (χ0v) is 19.0. The highest BCUT2D eigenvalue weighted by Gasteiger charge is 2.21. The number of nitrogens with zero attached hydrogens (tertiary/aromatic N) is 4. The molecule has 2 aromatic carbocycles. The highest BCUT2D eigenvalue weighted by molar-refractivity contribution is 7.99. The number of carbonyl (C=O) groups is 1. The van der Waals surface area contributed by atoms with E-state index < -0.39 is 4.92 Å². The smallest absolute Gasteiger partial charge is 0.271 e. The number of hydrogen-bond donors (Lipinski definition) is 0. The van der Waals surface area contributed by atoms with Crippen molar-refractivity contribution in [3.63, 3.8) is 0 Å². The number of rotatable bonds is 7. The summed E-state index contributed by atoms with van der Waals surface area (Å²) < 4.78 is 9.39. The molecule has 2 heterocycles. The number of carbonyl (C=O) groups excluding carboxylic acids is 1. The number of ether oxygens (including phenoxy) is 1. The van der Waals surface area contributed by atoms with E-state index in [1.165, 1.54) is 23.9 Å². The second-order valence-electron chi connectivity index (χ2n) is 7.39. The van der Waals surface area contributed by atoms with E-state index in [4.69, 9.17) is 4.74 Å². The van der Waals surface area contributed by atoms with E-state index in [1.807, 2.05) is 60.4 Å². The van der Waals surface area contributed by atoms with Gasteiger partial charge < -0.3 is 9.30 Å². The van der Waals surface area contributed by atoms with Crippen LogP contribution in [0.1, 0.15) is 21.7 Å². The van der Waals surface area contributed by atoms with Crippen molar-refractivity contribution < 1.29 is 14.5 Å². The van der Waals surface area contributed by atoms with Crippen LogP contribution in [0.3, 0.4) is 0 Å². The van der Waals surface area contributed by atoms with Gasteiger partial charge in [-0.1, -0.05) is 23.9 Å². The van der Waals surface area contributed by atoms with Crippen LogP contribution in [0.25, 0.3) is 16.7 Å². The first kappa shape index (κ1) is 21.6. The molecule has 0 aliphatic rings. The third-order valence-electron chi connectivity index (χ3n) is 5.55. The Hall–Kier alpha value is -3.59. The number of thioether (sulfide) groups is 1. The van der Waals surface area contributed by atoms with Crippen LogP contribution in [0, 0.1) is 24.0 Å². The lowest BCUT2D eigenvalue weighted by atomic mass is 10.2. The Balaban J connectivity index is 1.78. The van der Waals surface area contributed by atoms with Crippen LogP contribution in [0.2, 0.25) is 0 Å². The molecule has 0 saturated carbocycles. The van der Waals surface area contributed by atoms with Crippen molar-refractivity contribution >= 4 is 34.3 Å². The summed E-state index contributed by atoms with van der Waals surface area (Å²) in [7, 11) is 3.52. The average molecular weight is 451 g/mol. The molecule has 0 atom stereocenters. The second kappa shape index (κ2) is 8.51. The predicted octanol–water partition coefficient (Wildman–Crippen LogP) is 4.87. The summed E-state index contributed by atoms with van der Waals surface area (Å²) in [5.74, 6) is 0.818. The number of hydrogen-bond acceptors (Lipinski definition) is 6. The molecule has 0 aliphatic carbocycles. The Kier molecular flexibility index (Phi) is 5.75. The van der Waals surface area contributed by atoms with E-state index in [2.05, 4.69) is 4.98 Å². The van der Waals surface area contributed by atoms with Gasteiger partial charge >= 0.3 is 0 Å². The summed E-state index contributed by atoms with van der Waals surface area (Å²) in [4.78, 5) is 28.4. The average Bonchev–Trinajstić information content (AvgIpc) is 3.28. The van der Waals surface area contributed by atoms with Crippen LogP contribution in [-0.4, -0.2) is 37.7 Å². The number of non-ortho nitro benzene ring substituents is 1. The molecule has 8 nitrogen and oxygen atoms in total. The normalized spacial score (nSPS) is 11.1. The molecule has 0 amide bonds. The minimum Gasteiger partial charge on any atom is -0.495 e. The lowest BCUT2D eigenvalue weighted by molar-refractivity contribution is -0.384. The van der Waals surface area contributed by atoms with Crippen molar-refractivity contribution in [1.82, 2.24) is 14.1 Å². The van der Waals surface area contributed by atoms with Gasteiger partial charge in [0, 0.05) is 36.1 Å². The number of aromatic nitrogens is 3. The molecule has 4 aromatic rings. The molecule has 0 fully saturated rings. The summed E-state index contributed by atoms with van der Waals surface area (Å²) in [6, 6.07) is 13.9. The van der Waals surface area contributed by atoms with Gasteiger partial charge in [-0.05, 0) is 38.1 Å². The molecule has 9 heteroatoms. The number of nitro groups is 1. The minimum absolute atomic E-state index is 0.000753. The van der Waals surface area contributed by atoms with Gasteiger partial charge in [-0.15, -0.1) is 0 Å². The molecule has 0 spiro atoms. The molecule has 0 aliphatic heterocycles. The van der Waals surface area contributed by atoms with E-state index in [9.17, 15) is 14.9 Å². The maximum atomic E-state index is 12.9. The number of para-hydroxylation sites is 2. The summed E-state index contributed by atoms with van der Waals surface area (Å²) in [6.07, 6.45) is 0. The molecule has 0 bridgehead atoms.